The number of nitrogens with one attached hydrogen (secondary N) is 1. The van der Waals surface area contributed by atoms with Gasteiger partial charge in [0.1, 0.15) is 0 Å². The first-order chi connectivity index (χ1) is 9.37. The summed E-state index contributed by atoms with van der Waals surface area (Å²) in [5.74, 6) is -2.64. The number of rotatable bonds is 2. The molecule has 0 radical (unpaired) electrons. The number of hydrogen-bond donors (Lipinski definition) is 1. The zero-order chi connectivity index (χ0) is 14.8. The minimum atomic E-state index is -2.64. The molecule has 0 unspecified atom stereocenters. The lowest BCUT2D eigenvalue weighted by molar-refractivity contribution is -0.0470. The predicted molar refractivity (Wildman–Crippen MR) is 71.7 cm³/mol. The lowest BCUT2D eigenvalue weighted by atomic mass is 10.1. The number of piperidine rings is 1. The van der Waals surface area contributed by atoms with E-state index < -0.39 is 5.92 Å². The number of amides is 2. The fourth-order valence-electron chi connectivity index (χ4n) is 2.13. The molecule has 1 saturated heterocycles. The Morgan fingerprint density at radius 1 is 1.40 bits per heavy atom. The van der Waals surface area contributed by atoms with Crippen LogP contribution in [0, 0.1) is 6.92 Å². The standard InChI is InChI=1S/C14H19F2N3O/c1-10-3-4-12(9-17-10)11(2)18-13(20)19-7-5-14(15,16)6-8-19/h3-4,9,11H,5-8H2,1-2H3,(H,18,20)/t11-/m1/s1. The molecule has 2 rings (SSSR count). The molecule has 2 amide bonds. The zero-order valence-electron chi connectivity index (χ0n) is 11.7. The monoisotopic (exact) mass is 283 g/mol. The predicted octanol–water partition coefficient (Wildman–Crippen LogP) is 2.89. The van der Waals surface area contributed by atoms with Crippen molar-refractivity contribution in [3.63, 3.8) is 0 Å². The molecule has 1 fully saturated rings. The van der Waals surface area contributed by atoms with Crippen LogP contribution in [0.15, 0.2) is 18.3 Å². The van der Waals surface area contributed by atoms with Gasteiger partial charge in [0.2, 0.25) is 0 Å². The zero-order valence-corrected chi connectivity index (χ0v) is 11.7. The van der Waals surface area contributed by atoms with E-state index in [1.807, 2.05) is 26.0 Å². The van der Waals surface area contributed by atoms with Gasteiger partial charge >= 0.3 is 6.03 Å². The van der Waals surface area contributed by atoms with Crippen LogP contribution in [-0.2, 0) is 0 Å². The molecule has 6 heteroatoms. The van der Waals surface area contributed by atoms with Gasteiger partial charge < -0.3 is 10.2 Å². The molecule has 1 N–H and O–H groups in total. The van der Waals surface area contributed by atoms with Crippen LogP contribution in [0.1, 0.15) is 37.1 Å². The first-order valence-electron chi connectivity index (χ1n) is 6.73. The number of halogens is 2. The molecule has 0 spiro atoms. The molecule has 1 atom stereocenters. The highest BCUT2D eigenvalue weighted by Crippen LogP contribution is 2.27. The molecule has 0 saturated carbocycles. The molecular formula is C14H19F2N3O. The molecule has 110 valence electrons. The molecule has 20 heavy (non-hydrogen) atoms. The largest absolute Gasteiger partial charge is 0.331 e. The normalized spacial score (nSPS) is 19.5. The fourth-order valence-corrected chi connectivity index (χ4v) is 2.13. The van der Waals surface area contributed by atoms with Gasteiger partial charge in [0.05, 0.1) is 6.04 Å². The van der Waals surface area contributed by atoms with E-state index in [2.05, 4.69) is 10.3 Å². The number of carbonyl (C=O) groups is 1. The molecule has 1 aliphatic rings. The molecule has 0 bridgehead atoms. The Bertz CT molecular complexity index is 466. The summed E-state index contributed by atoms with van der Waals surface area (Å²) in [7, 11) is 0. The van der Waals surface area contributed by atoms with Gasteiger partial charge in [0.25, 0.3) is 5.92 Å². The van der Waals surface area contributed by atoms with Gasteiger partial charge in [-0.3, -0.25) is 4.98 Å². The smallest absolute Gasteiger partial charge is 0.317 e. The van der Waals surface area contributed by atoms with Gasteiger partial charge in [-0.15, -0.1) is 0 Å². The topological polar surface area (TPSA) is 45.2 Å². The van der Waals surface area contributed by atoms with Crippen LogP contribution in [-0.4, -0.2) is 34.9 Å². The van der Waals surface area contributed by atoms with Gasteiger partial charge in [-0.05, 0) is 25.5 Å². The van der Waals surface area contributed by atoms with Crippen molar-refractivity contribution in [1.29, 1.82) is 0 Å². The average molecular weight is 283 g/mol. The molecule has 2 heterocycles. The second-order valence-corrected chi connectivity index (χ2v) is 5.25. The maximum atomic E-state index is 13.0. The van der Waals surface area contributed by atoms with Crippen LogP contribution in [0.3, 0.4) is 0 Å². The Morgan fingerprint density at radius 2 is 2.05 bits per heavy atom. The van der Waals surface area contributed by atoms with Gasteiger partial charge in [-0.1, -0.05) is 6.07 Å². The van der Waals surface area contributed by atoms with Crippen molar-refractivity contribution in [1.82, 2.24) is 15.2 Å². The molecule has 0 aliphatic carbocycles. The summed E-state index contributed by atoms with van der Waals surface area (Å²) >= 11 is 0. The Labute approximate surface area is 117 Å². The quantitative estimate of drug-likeness (QED) is 0.907. The number of likely N-dealkylation sites (tertiary alicyclic amines) is 1. The van der Waals surface area contributed by atoms with Crippen LogP contribution < -0.4 is 5.32 Å². The van der Waals surface area contributed by atoms with E-state index in [9.17, 15) is 13.6 Å². The van der Waals surface area contributed by atoms with Crippen molar-refractivity contribution < 1.29 is 13.6 Å². The number of hydrogen-bond acceptors (Lipinski definition) is 2. The summed E-state index contributed by atoms with van der Waals surface area (Å²) in [5.41, 5.74) is 1.80. The van der Waals surface area contributed by atoms with Crippen molar-refractivity contribution in [2.24, 2.45) is 0 Å². The third-order valence-electron chi connectivity index (χ3n) is 3.56. The molecule has 1 aliphatic heterocycles. The van der Waals surface area contributed by atoms with E-state index in [0.717, 1.165) is 11.3 Å². The average Bonchev–Trinajstić information content (AvgIpc) is 2.39. The number of alkyl halides is 2. The maximum absolute atomic E-state index is 13.0. The molecular weight excluding hydrogens is 264 g/mol. The Morgan fingerprint density at radius 3 is 2.60 bits per heavy atom. The van der Waals surface area contributed by atoms with E-state index in [1.54, 1.807) is 6.20 Å². The van der Waals surface area contributed by atoms with E-state index in [0.29, 0.717) is 0 Å². The van der Waals surface area contributed by atoms with Crippen LogP contribution in [0.4, 0.5) is 13.6 Å². The first-order valence-corrected chi connectivity index (χ1v) is 6.73. The highest BCUT2D eigenvalue weighted by atomic mass is 19.3. The Hall–Kier alpha value is -1.72. The van der Waals surface area contributed by atoms with Crippen LogP contribution >= 0.6 is 0 Å². The summed E-state index contributed by atoms with van der Waals surface area (Å²) < 4.78 is 26.1. The molecule has 0 aromatic carbocycles. The summed E-state index contributed by atoms with van der Waals surface area (Å²) in [6.07, 6.45) is 1.19. The SMILES string of the molecule is Cc1ccc([C@@H](C)NC(=O)N2CCC(F)(F)CC2)cn1. The minimum Gasteiger partial charge on any atom is -0.331 e. The van der Waals surface area contributed by atoms with E-state index in [1.165, 1.54) is 4.90 Å². The van der Waals surface area contributed by atoms with Crippen molar-refractivity contribution in [2.45, 2.75) is 38.7 Å². The Kier molecular flexibility index (Phi) is 4.20. The van der Waals surface area contributed by atoms with Gasteiger partial charge in [0, 0.05) is 37.8 Å². The lowest BCUT2D eigenvalue weighted by Crippen LogP contribution is -2.47. The van der Waals surface area contributed by atoms with Gasteiger partial charge in [-0.2, -0.15) is 0 Å². The van der Waals surface area contributed by atoms with Crippen LogP contribution in [0.25, 0.3) is 0 Å². The number of carbonyl (C=O) groups excluding carboxylic acids is 1. The van der Waals surface area contributed by atoms with Crippen molar-refractivity contribution >= 4 is 6.03 Å². The molecule has 1 aromatic rings. The van der Waals surface area contributed by atoms with E-state index in [4.69, 9.17) is 0 Å². The number of aryl methyl sites for hydroxylation is 1. The number of pyridine rings is 1. The molecule has 4 nitrogen and oxygen atoms in total. The second-order valence-electron chi connectivity index (χ2n) is 5.25. The van der Waals surface area contributed by atoms with Crippen LogP contribution in [0.2, 0.25) is 0 Å². The number of urea groups is 1. The third kappa shape index (κ3) is 3.65. The molecule has 1 aromatic heterocycles. The first kappa shape index (κ1) is 14.7. The summed E-state index contributed by atoms with van der Waals surface area (Å²) in [6.45, 7) is 3.93. The summed E-state index contributed by atoms with van der Waals surface area (Å²) in [6, 6.07) is 3.28. The minimum absolute atomic E-state index is 0.0949. The highest BCUT2D eigenvalue weighted by Gasteiger charge is 2.35. The maximum Gasteiger partial charge on any atom is 0.317 e. The number of aromatic nitrogens is 1. The highest BCUT2D eigenvalue weighted by molar-refractivity contribution is 5.74. The van der Waals surface area contributed by atoms with Gasteiger partial charge in [-0.25, -0.2) is 13.6 Å². The second kappa shape index (κ2) is 5.73. The number of nitrogens with zero attached hydrogens (tertiary/aromatic N) is 2. The van der Waals surface area contributed by atoms with Gasteiger partial charge in [0.15, 0.2) is 0 Å². The van der Waals surface area contributed by atoms with E-state index in [-0.39, 0.29) is 38.0 Å². The fraction of sp³-hybridized carbons (Fsp3) is 0.571. The van der Waals surface area contributed by atoms with E-state index >= 15 is 0 Å². The van der Waals surface area contributed by atoms with Crippen molar-refractivity contribution in [3.8, 4) is 0 Å². The van der Waals surface area contributed by atoms with Crippen molar-refractivity contribution in [2.75, 3.05) is 13.1 Å². The third-order valence-corrected chi connectivity index (χ3v) is 3.56. The summed E-state index contributed by atoms with van der Waals surface area (Å²) in [5, 5.41) is 2.81. The summed E-state index contributed by atoms with van der Waals surface area (Å²) in [4.78, 5) is 17.6. The Balaban J connectivity index is 1.90. The lowest BCUT2D eigenvalue weighted by Gasteiger charge is -2.32. The van der Waals surface area contributed by atoms with Crippen LogP contribution in [0.5, 0.6) is 0 Å². The van der Waals surface area contributed by atoms with Crippen molar-refractivity contribution in [3.05, 3.63) is 29.6 Å².